The normalized spacial score (nSPS) is 42.5. The third-order valence-corrected chi connectivity index (χ3v) is 9.72. The molecule has 4 aliphatic rings. The van der Waals surface area contributed by atoms with Crippen LogP contribution < -0.4 is 5.73 Å². The lowest BCUT2D eigenvalue weighted by Crippen LogP contribution is -2.75. The molecule has 3 saturated carbocycles. The third-order valence-electron chi connectivity index (χ3n) is 9.05. The predicted octanol–water partition coefficient (Wildman–Crippen LogP) is 3.83. The first-order valence-corrected chi connectivity index (χ1v) is 13.0. The van der Waals surface area contributed by atoms with Crippen molar-refractivity contribution in [2.24, 2.45) is 28.9 Å². The summed E-state index contributed by atoms with van der Waals surface area (Å²) in [4.78, 5) is 52.3. The van der Waals surface area contributed by atoms with E-state index in [0.29, 0.717) is 11.8 Å². The van der Waals surface area contributed by atoms with Crippen molar-refractivity contribution in [3.05, 3.63) is 48.0 Å². The first-order valence-electron chi connectivity index (χ1n) is 12.0. The Morgan fingerprint density at radius 1 is 1.27 bits per heavy atom. The van der Waals surface area contributed by atoms with Gasteiger partial charge in [0.15, 0.2) is 22.8 Å². The summed E-state index contributed by atoms with van der Waals surface area (Å²) in [6.45, 7) is 3.14. The highest BCUT2D eigenvalue weighted by molar-refractivity contribution is 8.13. The molecule has 0 saturated heterocycles. The quantitative estimate of drug-likeness (QED) is 0.576. The highest BCUT2D eigenvalue weighted by Gasteiger charge is 2.78. The summed E-state index contributed by atoms with van der Waals surface area (Å²) in [6.07, 6.45) is 1.52. The highest BCUT2D eigenvalue weighted by atomic mass is 32.2. The number of carbonyl (C=O) groups excluding carboxylic acids is 4. The highest BCUT2D eigenvalue weighted by Crippen LogP contribution is 2.69. The molecule has 4 unspecified atom stereocenters. The summed E-state index contributed by atoms with van der Waals surface area (Å²) < 4.78 is 57.0. The van der Waals surface area contributed by atoms with Crippen LogP contribution in [0.2, 0.25) is 0 Å². The Balaban J connectivity index is 1.64. The van der Waals surface area contributed by atoms with Crippen LogP contribution in [0.4, 0.5) is 13.2 Å². The maximum atomic E-state index is 17.1. The number of ketones is 2. The fourth-order valence-electron chi connectivity index (χ4n) is 7.43. The second-order valence-corrected chi connectivity index (χ2v) is 11.5. The standard InChI is InChI=1S/C26H26F3NO6S/c1-13-8-15-16-10-18(28)17-9-14(31)5-6-24(17,30)25(16,29)20(32)11-23(15,2)26(13,22(34)37-12-27)36-21(33)19-4-3-7-35-19/h3-7,9,13,15-16,18H,8,10-12,30H2,1-2H3/t13-,15?,16?,18+,23?,24?,25+,26+/m1/s1. The Hall–Kier alpha value is -2.66. The van der Waals surface area contributed by atoms with E-state index in [1.165, 1.54) is 25.3 Å². The van der Waals surface area contributed by atoms with Gasteiger partial charge in [0.25, 0.3) is 0 Å². The number of hydrogen-bond acceptors (Lipinski definition) is 8. The van der Waals surface area contributed by atoms with Gasteiger partial charge in [-0.15, -0.1) is 0 Å². The maximum absolute atomic E-state index is 17.1. The van der Waals surface area contributed by atoms with Gasteiger partial charge in [0.2, 0.25) is 10.9 Å². The zero-order valence-corrected chi connectivity index (χ0v) is 21.0. The number of hydrogen-bond donors (Lipinski definition) is 1. The molecule has 4 aliphatic carbocycles. The fraction of sp³-hybridized carbons (Fsp3) is 0.538. The Labute approximate surface area is 215 Å². The summed E-state index contributed by atoms with van der Waals surface area (Å²) in [5, 5.41) is -0.814. The van der Waals surface area contributed by atoms with Crippen LogP contribution in [0.15, 0.2) is 46.6 Å². The van der Waals surface area contributed by atoms with Gasteiger partial charge in [-0.05, 0) is 60.4 Å². The average Bonchev–Trinajstić information content (AvgIpc) is 3.45. The molecule has 0 aromatic carbocycles. The van der Waals surface area contributed by atoms with E-state index in [1.807, 2.05) is 0 Å². The van der Waals surface area contributed by atoms with E-state index in [9.17, 15) is 23.6 Å². The SMILES string of the molecule is C[C@@H]1CC2C3C[C@H](F)C4=CC(=O)C=CC4(N)[C@@]3(F)C(=O)CC2(C)[C@@]1(OC(=O)c1ccco1)C(=O)SCF. The largest absolute Gasteiger partial charge is 0.457 e. The monoisotopic (exact) mass is 537 g/mol. The number of alkyl halides is 3. The molecule has 7 nitrogen and oxygen atoms in total. The van der Waals surface area contributed by atoms with Crippen molar-refractivity contribution in [1.82, 2.24) is 0 Å². The van der Waals surface area contributed by atoms with Gasteiger partial charge in [0, 0.05) is 23.7 Å². The Morgan fingerprint density at radius 2 is 2.00 bits per heavy atom. The van der Waals surface area contributed by atoms with Crippen molar-refractivity contribution in [1.29, 1.82) is 0 Å². The molecule has 8 atom stereocenters. The van der Waals surface area contributed by atoms with Gasteiger partial charge in [0.1, 0.15) is 17.7 Å². The molecule has 0 aliphatic heterocycles. The number of furan rings is 1. The van der Waals surface area contributed by atoms with Crippen LogP contribution in [0.25, 0.3) is 0 Å². The molecule has 198 valence electrons. The molecule has 0 spiro atoms. The number of fused-ring (bicyclic) bond motifs is 5. The lowest BCUT2D eigenvalue weighted by Gasteiger charge is -2.59. The smallest absolute Gasteiger partial charge is 0.375 e. The molecule has 11 heteroatoms. The second kappa shape index (κ2) is 8.42. The summed E-state index contributed by atoms with van der Waals surface area (Å²) in [7, 11) is 0. The number of nitrogens with two attached hydrogens (primary N) is 1. The van der Waals surface area contributed by atoms with Crippen molar-refractivity contribution < 1.29 is 41.5 Å². The Kier molecular flexibility index (Phi) is 5.91. The van der Waals surface area contributed by atoms with Crippen LogP contribution in [-0.4, -0.2) is 51.6 Å². The van der Waals surface area contributed by atoms with Crippen LogP contribution in [0.1, 0.15) is 43.7 Å². The Morgan fingerprint density at radius 3 is 2.65 bits per heavy atom. The van der Waals surface area contributed by atoms with Crippen LogP contribution in [0.3, 0.4) is 0 Å². The first-order chi connectivity index (χ1) is 17.4. The first kappa shape index (κ1) is 26.0. The molecule has 3 fully saturated rings. The minimum absolute atomic E-state index is 0.0919. The summed E-state index contributed by atoms with van der Waals surface area (Å²) in [6, 6.07) is 1.67. The van der Waals surface area contributed by atoms with Crippen molar-refractivity contribution in [2.75, 3.05) is 6.01 Å². The molecule has 1 heterocycles. The maximum Gasteiger partial charge on any atom is 0.375 e. The van der Waals surface area contributed by atoms with Crippen LogP contribution >= 0.6 is 11.8 Å². The van der Waals surface area contributed by atoms with Crippen LogP contribution in [-0.2, 0) is 19.1 Å². The molecule has 1 aromatic rings. The Bertz CT molecular complexity index is 1250. The van der Waals surface area contributed by atoms with Gasteiger partial charge in [-0.1, -0.05) is 19.9 Å². The van der Waals surface area contributed by atoms with Crippen molar-refractivity contribution in [2.45, 2.75) is 56.1 Å². The van der Waals surface area contributed by atoms with Gasteiger partial charge in [0.05, 0.1) is 6.26 Å². The summed E-state index contributed by atoms with van der Waals surface area (Å²) >= 11 is 0.298. The molecule has 2 N–H and O–H groups in total. The number of thioether (sulfide) groups is 1. The summed E-state index contributed by atoms with van der Waals surface area (Å²) in [5.74, 6) is -5.61. The zero-order valence-electron chi connectivity index (χ0n) is 20.2. The van der Waals surface area contributed by atoms with E-state index in [4.69, 9.17) is 14.9 Å². The molecule has 0 radical (unpaired) electrons. The van der Waals surface area contributed by atoms with E-state index in [2.05, 4.69) is 0 Å². The van der Waals surface area contributed by atoms with E-state index in [-0.39, 0.29) is 17.8 Å². The van der Waals surface area contributed by atoms with Gasteiger partial charge < -0.3 is 14.9 Å². The molecule has 0 bridgehead atoms. The number of carbonyl (C=O) groups is 4. The average molecular weight is 538 g/mol. The predicted molar refractivity (Wildman–Crippen MR) is 126 cm³/mol. The number of allylic oxidation sites excluding steroid dienone is 2. The number of Topliss-reactive ketones (excluding diaryl/α,β-unsaturated/α-hetero) is 1. The van der Waals surface area contributed by atoms with Crippen molar-refractivity contribution in [3.63, 3.8) is 0 Å². The van der Waals surface area contributed by atoms with Crippen molar-refractivity contribution in [3.8, 4) is 0 Å². The lowest BCUT2D eigenvalue weighted by molar-refractivity contribution is -0.180. The summed E-state index contributed by atoms with van der Waals surface area (Å²) in [5.41, 5.74) is -2.33. The van der Waals surface area contributed by atoms with Gasteiger partial charge >= 0.3 is 5.97 Å². The number of rotatable bonds is 4. The number of esters is 1. The molecule has 5 rings (SSSR count). The molecular weight excluding hydrogens is 511 g/mol. The molecular formula is C26H26F3NO6S. The second-order valence-electron chi connectivity index (χ2n) is 10.6. The molecule has 37 heavy (non-hydrogen) atoms. The van der Waals surface area contributed by atoms with E-state index < -0.39 is 87.6 Å². The van der Waals surface area contributed by atoms with Crippen LogP contribution in [0, 0.1) is 23.2 Å². The van der Waals surface area contributed by atoms with E-state index in [0.717, 1.165) is 18.2 Å². The lowest BCUT2D eigenvalue weighted by atomic mass is 9.47. The van der Waals surface area contributed by atoms with E-state index in [1.54, 1.807) is 6.92 Å². The third kappa shape index (κ3) is 3.19. The zero-order chi connectivity index (χ0) is 27.0. The molecule has 1 aromatic heterocycles. The van der Waals surface area contributed by atoms with Gasteiger partial charge in [-0.2, -0.15) is 0 Å². The minimum atomic E-state index is -2.76. The minimum Gasteiger partial charge on any atom is -0.457 e. The van der Waals surface area contributed by atoms with Crippen molar-refractivity contribution >= 4 is 34.4 Å². The molecule has 0 amide bonds. The van der Waals surface area contributed by atoms with Gasteiger partial charge in [-0.3, -0.25) is 14.4 Å². The number of halogens is 3. The van der Waals surface area contributed by atoms with Gasteiger partial charge in [-0.25, -0.2) is 18.0 Å². The van der Waals surface area contributed by atoms with Crippen LogP contribution in [0.5, 0.6) is 0 Å². The number of ether oxygens (including phenoxy) is 1. The fourth-order valence-corrected chi connectivity index (χ4v) is 8.22. The van der Waals surface area contributed by atoms with E-state index >= 15 is 8.78 Å². The topological polar surface area (TPSA) is 117 Å².